The molecule has 7 heteroatoms. The second-order valence-electron chi connectivity index (χ2n) is 4.25. The number of benzene rings is 1. The van der Waals surface area contributed by atoms with Gasteiger partial charge in [-0.15, -0.1) is 0 Å². The molecule has 0 saturated carbocycles. The summed E-state index contributed by atoms with van der Waals surface area (Å²) in [4.78, 5) is 12.0. The number of halogens is 1. The second-order valence-corrected chi connectivity index (χ2v) is 7.31. The van der Waals surface area contributed by atoms with Gasteiger partial charge in [0.15, 0.2) is 0 Å². The summed E-state index contributed by atoms with van der Waals surface area (Å²) in [6.45, 7) is 0.114. The van der Waals surface area contributed by atoms with Gasteiger partial charge in [0.25, 0.3) is 5.56 Å². The van der Waals surface area contributed by atoms with Crippen molar-refractivity contribution in [3.05, 3.63) is 45.2 Å². The third kappa shape index (κ3) is 3.36. The van der Waals surface area contributed by atoms with E-state index in [0.29, 0.717) is 10.2 Å². The van der Waals surface area contributed by atoms with Gasteiger partial charge in [-0.25, -0.2) is 8.42 Å². The van der Waals surface area contributed by atoms with Crippen LogP contribution in [-0.4, -0.2) is 30.2 Å². The van der Waals surface area contributed by atoms with E-state index in [2.05, 4.69) is 21.0 Å². The minimum absolute atomic E-state index is 0.0753. The Labute approximate surface area is 119 Å². The van der Waals surface area contributed by atoms with Crippen LogP contribution in [0.4, 0.5) is 0 Å². The molecular weight excluding hydrogens is 332 g/mol. The molecule has 0 unspecified atom stereocenters. The van der Waals surface area contributed by atoms with Gasteiger partial charge in [-0.05, 0) is 15.9 Å². The highest BCUT2D eigenvalue weighted by atomic mass is 79.9. The van der Waals surface area contributed by atoms with Crippen LogP contribution in [0.3, 0.4) is 0 Å². The van der Waals surface area contributed by atoms with Gasteiger partial charge in [-0.2, -0.15) is 0 Å². The number of sulfone groups is 1. The predicted octanol–water partition coefficient (Wildman–Crippen LogP) is 1.65. The van der Waals surface area contributed by atoms with Crippen LogP contribution in [0, 0.1) is 0 Å². The van der Waals surface area contributed by atoms with Crippen molar-refractivity contribution in [3.63, 3.8) is 0 Å². The zero-order valence-corrected chi connectivity index (χ0v) is 12.7. The van der Waals surface area contributed by atoms with Gasteiger partial charge < -0.3 is 0 Å². The van der Waals surface area contributed by atoms with E-state index in [1.54, 1.807) is 0 Å². The third-order valence-electron chi connectivity index (χ3n) is 2.65. The molecule has 102 valence electrons. The molecule has 1 heterocycles. The number of rotatable bonds is 4. The summed E-state index contributed by atoms with van der Waals surface area (Å²) in [6.07, 6.45) is 1.15. The molecule has 2 rings (SSSR count). The molecule has 2 aromatic rings. The molecule has 0 saturated heterocycles. The third-order valence-corrected chi connectivity index (χ3v) is 4.31. The molecule has 1 aromatic heterocycles. The van der Waals surface area contributed by atoms with Crippen molar-refractivity contribution < 1.29 is 8.42 Å². The van der Waals surface area contributed by atoms with Crippen LogP contribution in [0.5, 0.6) is 0 Å². The van der Waals surface area contributed by atoms with Crippen LogP contribution < -0.4 is 5.56 Å². The maximum atomic E-state index is 12.0. The lowest BCUT2D eigenvalue weighted by molar-refractivity contribution is 0.582. The number of aromatic nitrogens is 2. The summed E-state index contributed by atoms with van der Waals surface area (Å²) in [7, 11) is -3.10. The maximum absolute atomic E-state index is 12.0. The van der Waals surface area contributed by atoms with Gasteiger partial charge in [0.05, 0.1) is 18.0 Å². The number of aryl methyl sites for hydroxylation is 1. The number of aromatic amines is 1. The normalized spacial score (nSPS) is 11.7. The highest BCUT2D eigenvalue weighted by Gasteiger charge is 2.14. The Morgan fingerprint density at radius 1 is 1.26 bits per heavy atom. The van der Waals surface area contributed by atoms with E-state index in [0.717, 1.165) is 11.8 Å². The summed E-state index contributed by atoms with van der Waals surface area (Å²) < 4.78 is 24.0. The smallest absolute Gasteiger partial charge is 0.281 e. The molecule has 1 N–H and O–H groups in total. The maximum Gasteiger partial charge on any atom is 0.281 e. The summed E-state index contributed by atoms with van der Waals surface area (Å²) in [5, 5.41) is 2.93. The summed E-state index contributed by atoms with van der Waals surface area (Å²) >= 11 is 3.24. The first-order chi connectivity index (χ1) is 8.88. The van der Waals surface area contributed by atoms with Crippen molar-refractivity contribution in [2.24, 2.45) is 0 Å². The van der Waals surface area contributed by atoms with E-state index >= 15 is 0 Å². The molecule has 0 aliphatic carbocycles. The number of nitrogens with one attached hydrogen (secondary N) is 1. The van der Waals surface area contributed by atoms with Gasteiger partial charge in [0.2, 0.25) is 0 Å². The first-order valence-electron chi connectivity index (χ1n) is 5.60. The van der Waals surface area contributed by atoms with Gasteiger partial charge in [-0.1, -0.05) is 30.3 Å². The fourth-order valence-electron chi connectivity index (χ4n) is 1.67. The monoisotopic (exact) mass is 344 g/mol. The number of H-pyrrole nitrogens is 1. The second kappa shape index (κ2) is 5.34. The van der Waals surface area contributed by atoms with Crippen LogP contribution in [0.15, 0.2) is 39.6 Å². The molecule has 0 amide bonds. The van der Waals surface area contributed by atoms with E-state index in [4.69, 9.17) is 0 Å². The molecule has 0 radical (unpaired) electrons. The molecule has 0 aliphatic rings. The quantitative estimate of drug-likeness (QED) is 0.916. The van der Waals surface area contributed by atoms with Crippen LogP contribution in [0.1, 0.15) is 0 Å². The molecule has 1 aromatic carbocycles. The molecular formula is C12H13BrN2O3S. The molecule has 0 aliphatic heterocycles. The zero-order valence-electron chi connectivity index (χ0n) is 10.3. The number of nitrogens with zero attached hydrogens (tertiary/aromatic N) is 1. The van der Waals surface area contributed by atoms with Crippen LogP contribution in [-0.2, 0) is 16.4 Å². The molecule has 5 nitrogen and oxygen atoms in total. The number of hydrogen-bond acceptors (Lipinski definition) is 3. The zero-order chi connectivity index (χ0) is 14.0. The van der Waals surface area contributed by atoms with Crippen LogP contribution in [0.25, 0.3) is 11.3 Å². The van der Waals surface area contributed by atoms with Gasteiger partial charge in [-0.3, -0.25) is 14.6 Å². The fraction of sp³-hybridized carbons (Fsp3) is 0.250. The Hall–Kier alpha value is -1.34. The minimum atomic E-state index is -3.10. The average molecular weight is 345 g/mol. The van der Waals surface area contributed by atoms with Crippen molar-refractivity contribution in [1.29, 1.82) is 0 Å². The van der Waals surface area contributed by atoms with Crippen molar-refractivity contribution in [2.45, 2.75) is 6.54 Å². The van der Waals surface area contributed by atoms with Crippen LogP contribution >= 0.6 is 15.9 Å². The Morgan fingerprint density at radius 3 is 2.47 bits per heavy atom. The standard InChI is InChI=1S/C12H13BrN2O3S/c1-19(17,18)8-7-15-12(16)10(13)11(14-15)9-5-3-2-4-6-9/h2-6,14H,7-8H2,1H3. The van der Waals surface area contributed by atoms with Gasteiger partial charge in [0, 0.05) is 11.8 Å². The molecule has 19 heavy (non-hydrogen) atoms. The van der Waals surface area contributed by atoms with Crippen molar-refractivity contribution in [2.75, 3.05) is 12.0 Å². The number of hydrogen-bond donors (Lipinski definition) is 1. The van der Waals surface area contributed by atoms with Crippen molar-refractivity contribution in [3.8, 4) is 11.3 Å². The summed E-state index contributed by atoms with van der Waals surface area (Å²) in [5.74, 6) is -0.0753. The highest BCUT2D eigenvalue weighted by molar-refractivity contribution is 9.10. The fourth-order valence-corrected chi connectivity index (χ4v) is 2.72. The Morgan fingerprint density at radius 2 is 1.89 bits per heavy atom. The molecule has 0 spiro atoms. The summed E-state index contributed by atoms with van der Waals surface area (Å²) in [6, 6.07) is 9.37. The predicted molar refractivity (Wildman–Crippen MR) is 77.9 cm³/mol. The van der Waals surface area contributed by atoms with E-state index in [-0.39, 0.29) is 17.9 Å². The Balaban J connectivity index is 2.37. The Kier molecular flexibility index (Phi) is 3.96. The van der Waals surface area contributed by atoms with Gasteiger partial charge in [0.1, 0.15) is 14.3 Å². The van der Waals surface area contributed by atoms with E-state index in [1.807, 2.05) is 30.3 Å². The summed E-state index contributed by atoms with van der Waals surface area (Å²) in [5.41, 5.74) is 1.26. The average Bonchev–Trinajstić information content (AvgIpc) is 2.64. The topological polar surface area (TPSA) is 71.9 Å². The molecule has 0 bridgehead atoms. The van der Waals surface area contributed by atoms with Crippen LogP contribution in [0.2, 0.25) is 0 Å². The first-order valence-corrected chi connectivity index (χ1v) is 8.45. The van der Waals surface area contributed by atoms with Crippen molar-refractivity contribution in [1.82, 2.24) is 9.78 Å². The lowest BCUT2D eigenvalue weighted by atomic mass is 10.2. The SMILES string of the molecule is CS(=O)(=O)CCn1[nH]c(-c2ccccc2)c(Br)c1=O. The Bertz CT molecular complexity index is 732. The lowest BCUT2D eigenvalue weighted by Crippen LogP contribution is -2.21. The van der Waals surface area contributed by atoms with Gasteiger partial charge >= 0.3 is 0 Å². The first kappa shape index (κ1) is 14.1. The lowest BCUT2D eigenvalue weighted by Gasteiger charge is -2.01. The largest absolute Gasteiger partial charge is 0.294 e. The minimum Gasteiger partial charge on any atom is -0.294 e. The van der Waals surface area contributed by atoms with Crippen molar-refractivity contribution >= 4 is 25.8 Å². The van der Waals surface area contributed by atoms with E-state index in [9.17, 15) is 13.2 Å². The highest BCUT2D eigenvalue weighted by Crippen LogP contribution is 2.23. The molecule has 0 fully saturated rings. The van der Waals surface area contributed by atoms with E-state index < -0.39 is 9.84 Å². The molecule has 0 atom stereocenters. The van der Waals surface area contributed by atoms with E-state index in [1.165, 1.54) is 4.68 Å².